The van der Waals surface area contributed by atoms with E-state index >= 15 is 0 Å². The molecule has 5 nitrogen and oxygen atoms in total. The molecule has 0 fully saturated rings. The standard InChI is InChI=1S/C26H32N2O3/c1-3-5-6-7-13-27-25(29)15-21(19-11-12-23-24(14-19)31-17-30-23)22-16-28-26-18(4-2)9-8-10-20(22)26/h8-12,14,16,21,28H,3-7,13,15,17H2,1-2H3,(H,27,29). The van der Waals surface area contributed by atoms with Crippen LogP contribution >= 0.6 is 0 Å². The fraction of sp³-hybridized carbons (Fsp3) is 0.423. The molecule has 2 aromatic carbocycles. The van der Waals surface area contributed by atoms with Crippen molar-refractivity contribution in [3.63, 3.8) is 0 Å². The van der Waals surface area contributed by atoms with Crippen molar-refractivity contribution in [2.75, 3.05) is 13.3 Å². The summed E-state index contributed by atoms with van der Waals surface area (Å²) in [4.78, 5) is 16.3. The molecule has 1 aliphatic heterocycles. The van der Waals surface area contributed by atoms with E-state index in [9.17, 15) is 4.79 Å². The van der Waals surface area contributed by atoms with Gasteiger partial charge in [0.15, 0.2) is 11.5 Å². The number of hydrogen-bond acceptors (Lipinski definition) is 3. The molecule has 3 aromatic rings. The lowest BCUT2D eigenvalue weighted by Gasteiger charge is -2.18. The lowest BCUT2D eigenvalue weighted by molar-refractivity contribution is -0.121. The minimum Gasteiger partial charge on any atom is -0.454 e. The second-order valence-corrected chi connectivity index (χ2v) is 8.22. The van der Waals surface area contributed by atoms with Crippen LogP contribution < -0.4 is 14.8 Å². The number of amides is 1. The molecule has 2 N–H and O–H groups in total. The molecule has 0 spiro atoms. The minimum absolute atomic E-state index is 0.0639. The van der Waals surface area contributed by atoms with Crippen molar-refractivity contribution in [3.05, 3.63) is 59.3 Å². The van der Waals surface area contributed by atoms with Gasteiger partial charge >= 0.3 is 0 Å². The molecule has 1 amide bonds. The maximum Gasteiger partial charge on any atom is 0.231 e. The molecule has 0 saturated heterocycles. The Bertz CT molecular complexity index is 1040. The average Bonchev–Trinajstić information content (AvgIpc) is 3.43. The topological polar surface area (TPSA) is 63.4 Å². The van der Waals surface area contributed by atoms with Crippen LogP contribution in [0, 0.1) is 0 Å². The van der Waals surface area contributed by atoms with E-state index in [1.54, 1.807) is 0 Å². The predicted octanol–water partition coefficient (Wildman–Crippen LogP) is 5.68. The largest absolute Gasteiger partial charge is 0.454 e. The van der Waals surface area contributed by atoms with Gasteiger partial charge in [0, 0.05) is 36.0 Å². The highest BCUT2D eigenvalue weighted by Crippen LogP contribution is 2.39. The van der Waals surface area contributed by atoms with Gasteiger partial charge in [0.2, 0.25) is 12.7 Å². The van der Waals surface area contributed by atoms with Crippen LogP contribution in [0.25, 0.3) is 10.9 Å². The zero-order valence-electron chi connectivity index (χ0n) is 18.5. The molecule has 0 saturated carbocycles. The average molecular weight is 421 g/mol. The lowest BCUT2D eigenvalue weighted by Crippen LogP contribution is -2.26. The Labute approximate surface area is 184 Å². The van der Waals surface area contributed by atoms with Gasteiger partial charge in [-0.05, 0) is 41.7 Å². The Kier molecular flexibility index (Phi) is 6.80. The number of unbranched alkanes of at least 4 members (excludes halogenated alkanes) is 3. The number of hydrogen-bond donors (Lipinski definition) is 2. The Morgan fingerprint density at radius 2 is 1.97 bits per heavy atom. The van der Waals surface area contributed by atoms with E-state index < -0.39 is 0 Å². The number of ether oxygens (including phenoxy) is 2. The van der Waals surface area contributed by atoms with Crippen molar-refractivity contribution >= 4 is 16.8 Å². The van der Waals surface area contributed by atoms with Gasteiger partial charge in [-0.1, -0.05) is 57.4 Å². The number of fused-ring (bicyclic) bond motifs is 2. The van der Waals surface area contributed by atoms with Gasteiger partial charge < -0.3 is 19.8 Å². The van der Waals surface area contributed by atoms with E-state index in [0.29, 0.717) is 6.42 Å². The zero-order valence-corrected chi connectivity index (χ0v) is 18.5. The number of carbonyl (C=O) groups is 1. The highest BCUT2D eigenvalue weighted by Gasteiger charge is 2.24. The summed E-state index contributed by atoms with van der Waals surface area (Å²) in [6.07, 6.45) is 8.02. The number of aromatic amines is 1. The van der Waals surface area contributed by atoms with Crippen LogP contribution in [0.4, 0.5) is 0 Å². The monoisotopic (exact) mass is 420 g/mol. The van der Waals surface area contributed by atoms with Crippen LogP contribution in [-0.2, 0) is 11.2 Å². The quantitative estimate of drug-likeness (QED) is 0.415. The first-order valence-electron chi connectivity index (χ1n) is 11.5. The summed E-state index contributed by atoms with van der Waals surface area (Å²) in [5.41, 5.74) is 4.65. The van der Waals surface area contributed by atoms with Gasteiger partial charge in [-0.3, -0.25) is 4.79 Å². The SMILES string of the molecule is CCCCCCNC(=O)CC(c1ccc2c(c1)OCO2)c1c[nH]c2c(CC)cccc12. The number of aromatic nitrogens is 1. The molecule has 4 rings (SSSR count). The summed E-state index contributed by atoms with van der Waals surface area (Å²) in [7, 11) is 0. The molecular weight excluding hydrogens is 388 g/mol. The van der Waals surface area contributed by atoms with Crippen LogP contribution in [0.15, 0.2) is 42.6 Å². The van der Waals surface area contributed by atoms with Gasteiger partial charge in [-0.2, -0.15) is 0 Å². The smallest absolute Gasteiger partial charge is 0.231 e. The molecule has 2 heterocycles. The van der Waals surface area contributed by atoms with Crippen molar-refractivity contribution in [1.82, 2.24) is 10.3 Å². The number of carbonyl (C=O) groups excluding carboxylic acids is 1. The van der Waals surface area contributed by atoms with Crippen LogP contribution in [0.5, 0.6) is 11.5 Å². The first kappa shape index (κ1) is 21.3. The van der Waals surface area contributed by atoms with Gasteiger partial charge in [0.05, 0.1) is 0 Å². The Morgan fingerprint density at radius 1 is 1.10 bits per heavy atom. The number of rotatable bonds is 10. The maximum absolute atomic E-state index is 12.9. The van der Waals surface area contributed by atoms with Gasteiger partial charge in [0.1, 0.15) is 0 Å². The molecule has 1 aliphatic rings. The molecule has 1 aromatic heterocycles. The Morgan fingerprint density at radius 3 is 2.81 bits per heavy atom. The summed E-state index contributed by atoms with van der Waals surface area (Å²) in [6.45, 7) is 5.34. The molecule has 1 atom stereocenters. The third kappa shape index (κ3) is 4.71. The fourth-order valence-electron chi connectivity index (χ4n) is 4.40. The third-order valence-corrected chi connectivity index (χ3v) is 6.13. The van der Waals surface area contributed by atoms with Crippen molar-refractivity contribution in [2.24, 2.45) is 0 Å². The van der Waals surface area contributed by atoms with Crippen molar-refractivity contribution in [2.45, 2.75) is 58.3 Å². The molecule has 0 radical (unpaired) electrons. The maximum atomic E-state index is 12.9. The number of para-hydroxylation sites is 1. The number of aryl methyl sites for hydroxylation is 1. The van der Waals surface area contributed by atoms with E-state index in [2.05, 4.69) is 54.6 Å². The summed E-state index contributed by atoms with van der Waals surface area (Å²) >= 11 is 0. The minimum atomic E-state index is -0.0639. The second kappa shape index (κ2) is 9.90. The summed E-state index contributed by atoms with van der Waals surface area (Å²) in [5.74, 6) is 1.53. The van der Waals surface area contributed by atoms with Gasteiger partial charge in [-0.15, -0.1) is 0 Å². The van der Waals surface area contributed by atoms with Crippen molar-refractivity contribution in [1.29, 1.82) is 0 Å². The highest BCUT2D eigenvalue weighted by molar-refractivity contribution is 5.88. The molecule has 5 heteroatoms. The Hall–Kier alpha value is -2.95. The lowest BCUT2D eigenvalue weighted by atomic mass is 9.87. The highest BCUT2D eigenvalue weighted by atomic mass is 16.7. The molecule has 164 valence electrons. The fourth-order valence-corrected chi connectivity index (χ4v) is 4.40. The first-order chi connectivity index (χ1) is 15.2. The first-order valence-corrected chi connectivity index (χ1v) is 11.5. The van der Waals surface area contributed by atoms with Crippen LogP contribution in [-0.4, -0.2) is 24.2 Å². The van der Waals surface area contributed by atoms with Crippen molar-refractivity contribution < 1.29 is 14.3 Å². The van der Waals surface area contributed by atoms with E-state index in [1.807, 2.05) is 12.1 Å². The van der Waals surface area contributed by atoms with Crippen LogP contribution in [0.2, 0.25) is 0 Å². The summed E-state index contributed by atoms with van der Waals surface area (Å²) < 4.78 is 11.1. The van der Waals surface area contributed by atoms with Crippen LogP contribution in [0.3, 0.4) is 0 Å². The number of nitrogens with one attached hydrogen (secondary N) is 2. The molecule has 0 bridgehead atoms. The van der Waals surface area contributed by atoms with E-state index in [-0.39, 0.29) is 18.6 Å². The second-order valence-electron chi connectivity index (χ2n) is 8.22. The third-order valence-electron chi connectivity index (χ3n) is 6.13. The normalized spacial score (nSPS) is 13.5. The van der Waals surface area contributed by atoms with E-state index in [0.717, 1.165) is 53.9 Å². The molecule has 31 heavy (non-hydrogen) atoms. The number of benzene rings is 2. The van der Waals surface area contributed by atoms with Crippen molar-refractivity contribution in [3.8, 4) is 11.5 Å². The van der Waals surface area contributed by atoms with Gasteiger partial charge in [-0.25, -0.2) is 0 Å². The summed E-state index contributed by atoms with van der Waals surface area (Å²) in [6, 6.07) is 12.4. The van der Waals surface area contributed by atoms with Crippen LogP contribution in [0.1, 0.15) is 68.6 Å². The number of H-pyrrole nitrogens is 1. The molecular formula is C26H32N2O3. The Balaban J connectivity index is 1.61. The molecule has 0 aliphatic carbocycles. The molecule has 1 unspecified atom stereocenters. The van der Waals surface area contributed by atoms with Gasteiger partial charge in [0.25, 0.3) is 0 Å². The van der Waals surface area contributed by atoms with E-state index in [4.69, 9.17) is 9.47 Å². The zero-order chi connectivity index (χ0) is 21.6. The predicted molar refractivity (Wildman–Crippen MR) is 124 cm³/mol. The summed E-state index contributed by atoms with van der Waals surface area (Å²) in [5, 5.41) is 4.30. The van der Waals surface area contributed by atoms with E-state index in [1.165, 1.54) is 23.8 Å².